The molecule has 2 heteroatoms. The molecule has 0 N–H and O–H groups in total. The Morgan fingerprint density at radius 2 is 0.885 bits per heavy atom. The van der Waals surface area contributed by atoms with Crippen LogP contribution in [-0.2, 0) is 10.8 Å². The fourth-order valence-electron chi connectivity index (χ4n) is 9.89. The molecule has 1 heterocycles. The van der Waals surface area contributed by atoms with Crippen LogP contribution in [0.1, 0.15) is 49.9 Å². The molecular weight excluding hydrogens is 631 g/mol. The van der Waals surface area contributed by atoms with Crippen LogP contribution in [0.25, 0.3) is 65.7 Å². The lowest BCUT2D eigenvalue weighted by atomic mass is 9.79. The molecule has 1 aromatic heterocycles. The van der Waals surface area contributed by atoms with Crippen LogP contribution in [0.4, 0.5) is 17.1 Å². The number of fused-ring (bicyclic) bond motifs is 13. The van der Waals surface area contributed by atoms with Gasteiger partial charge in [0.25, 0.3) is 0 Å². The van der Waals surface area contributed by atoms with E-state index in [0.717, 1.165) is 27.6 Å². The van der Waals surface area contributed by atoms with Crippen LogP contribution in [0.5, 0.6) is 0 Å². The summed E-state index contributed by atoms with van der Waals surface area (Å²) in [5.74, 6) is 0. The first-order chi connectivity index (χ1) is 25.3. The third kappa shape index (κ3) is 3.79. The monoisotopic (exact) mass is 667 g/mol. The largest absolute Gasteiger partial charge is 0.456 e. The van der Waals surface area contributed by atoms with Crippen molar-refractivity contribution in [3.63, 3.8) is 0 Å². The van der Waals surface area contributed by atoms with Crippen LogP contribution in [0.3, 0.4) is 0 Å². The van der Waals surface area contributed by atoms with Gasteiger partial charge >= 0.3 is 0 Å². The van der Waals surface area contributed by atoms with Gasteiger partial charge in [0, 0.05) is 44.5 Å². The molecule has 8 aromatic carbocycles. The fourth-order valence-corrected chi connectivity index (χ4v) is 9.89. The molecule has 0 radical (unpaired) electrons. The molecule has 52 heavy (non-hydrogen) atoms. The molecule has 248 valence electrons. The molecule has 0 amide bonds. The van der Waals surface area contributed by atoms with Crippen LogP contribution in [0.15, 0.2) is 156 Å². The highest BCUT2D eigenvalue weighted by Crippen LogP contribution is 2.60. The van der Waals surface area contributed by atoms with Crippen molar-refractivity contribution in [2.75, 3.05) is 4.90 Å². The molecule has 9 aromatic rings. The number of furan rings is 1. The third-order valence-electron chi connectivity index (χ3n) is 12.1. The Kier molecular flexibility index (Phi) is 5.83. The summed E-state index contributed by atoms with van der Waals surface area (Å²) in [4.78, 5) is 2.56. The molecule has 0 bridgehead atoms. The molecule has 0 fully saturated rings. The van der Waals surface area contributed by atoms with Crippen LogP contribution >= 0.6 is 0 Å². The van der Waals surface area contributed by atoms with Crippen LogP contribution in [0, 0.1) is 0 Å². The van der Waals surface area contributed by atoms with E-state index in [4.69, 9.17) is 4.42 Å². The molecule has 2 aliphatic carbocycles. The first-order valence-corrected chi connectivity index (χ1v) is 18.4. The zero-order valence-corrected chi connectivity index (χ0v) is 29.8. The van der Waals surface area contributed by atoms with Crippen molar-refractivity contribution in [3.05, 3.63) is 174 Å². The lowest BCUT2D eigenvalue weighted by molar-refractivity contribution is 0.666. The van der Waals surface area contributed by atoms with Gasteiger partial charge in [0.15, 0.2) is 0 Å². The summed E-state index contributed by atoms with van der Waals surface area (Å²) in [6.45, 7) is 9.58. The summed E-state index contributed by atoms with van der Waals surface area (Å²) >= 11 is 0. The second-order valence-corrected chi connectivity index (χ2v) is 15.7. The van der Waals surface area contributed by atoms with Crippen LogP contribution < -0.4 is 4.90 Å². The Balaban J connectivity index is 1.33. The Labute approximate surface area is 303 Å². The van der Waals surface area contributed by atoms with Crippen molar-refractivity contribution in [1.82, 2.24) is 0 Å². The zero-order chi connectivity index (χ0) is 34.9. The number of hydrogen-bond acceptors (Lipinski definition) is 2. The van der Waals surface area contributed by atoms with Gasteiger partial charge in [-0.15, -0.1) is 0 Å². The molecule has 0 spiro atoms. The molecule has 0 unspecified atom stereocenters. The number of nitrogens with zero attached hydrogens (tertiary/aromatic N) is 1. The molecule has 2 nitrogen and oxygen atoms in total. The van der Waals surface area contributed by atoms with Crippen molar-refractivity contribution in [2.45, 2.75) is 38.5 Å². The standard InChI is InChI=1S/C50H37NO/c1-49(2)39-22-12-9-20-37(39)45-41(27-30-15-5-7-17-33(30)47(45)49)51(32-25-26-36-35-19-11-14-24-43(35)52-44(36)29-32)42-28-31-16-6-8-18-34(31)48-46(42)38-21-10-13-23-40(38)50(48,3)4/h5-29H,1-4H3. The van der Waals surface area contributed by atoms with E-state index in [-0.39, 0.29) is 10.8 Å². The number of hydrogen-bond donors (Lipinski definition) is 0. The Hall–Kier alpha value is -6.12. The fraction of sp³-hybridized carbons (Fsp3) is 0.120. The number of benzene rings is 8. The molecule has 2 aliphatic rings. The SMILES string of the molecule is CC1(C)c2ccccc2-c2c(N(c3ccc4c(c3)oc3ccccc34)c3cc4ccccc4c4c3-c3ccccc3C4(C)C)cc3ccccc3c21. The molecule has 0 saturated heterocycles. The minimum Gasteiger partial charge on any atom is -0.456 e. The van der Waals surface area contributed by atoms with E-state index < -0.39 is 0 Å². The van der Waals surface area contributed by atoms with E-state index >= 15 is 0 Å². The highest BCUT2D eigenvalue weighted by atomic mass is 16.3. The predicted octanol–water partition coefficient (Wildman–Crippen LogP) is 14.0. The van der Waals surface area contributed by atoms with E-state index in [1.54, 1.807) is 0 Å². The predicted molar refractivity (Wildman–Crippen MR) is 219 cm³/mol. The maximum Gasteiger partial charge on any atom is 0.137 e. The zero-order valence-electron chi connectivity index (χ0n) is 29.8. The van der Waals surface area contributed by atoms with Gasteiger partial charge in [0.05, 0.1) is 11.4 Å². The Morgan fingerprint density at radius 3 is 1.46 bits per heavy atom. The second-order valence-electron chi connectivity index (χ2n) is 15.7. The first kappa shape index (κ1) is 29.6. The molecule has 11 rings (SSSR count). The van der Waals surface area contributed by atoms with E-state index in [0.29, 0.717) is 0 Å². The highest BCUT2D eigenvalue weighted by Gasteiger charge is 2.42. The summed E-state index contributed by atoms with van der Waals surface area (Å²) in [5.41, 5.74) is 15.6. The van der Waals surface area contributed by atoms with Gasteiger partial charge in [-0.3, -0.25) is 0 Å². The quantitative estimate of drug-likeness (QED) is 0.186. The van der Waals surface area contributed by atoms with Crippen molar-refractivity contribution >= 4 is 60.5 Å². The summed E-state index contributed by atoms with van der Waals surface area (Å²) in [7, 11) is 0. The highest BCUT2D eigenvalue weighted by molar-refractivity contribution is 6.12. The smallest absolute Gasteiger partial charge is 0.137 e. The summed E-state index contributed by atoms with van der Waals surface area (Å²) in [5, 5.41) is 7.37. The third-order valence-corrected chi connectivity index (χ3v) is 12.1. The van der Waals surface area contributed by atoms with Crippen molar-refractivity contribution in [3.8, 4) is 22.3 Å². The average molecular weight is 668 g/mol. The van der Waals surface area contributed by atoms with E-state index in [1.807, 2.05) is 6.07 Å². The van der Waals surface area contributed by atoms with E-state index in [9.17, 15) is 0 Å². The normalized spacial score (nSPS) is 14.8. The van der Waals surface area contributed by atoms with Crippen molar-refractivity contribution in [1.29, 1.82) is 0 Å². The van der Waals surface area contributed by atoms with Crippen molar-refractivity contribution < 1.29 is 4.42 Å². The molecule has 0 aliphatic heterocycles. The Morgan fingerprint density at radius 1 is 0.423 bits per heavy atom. The minimum atomic E-state index is -0.185. The van der Waals surface area contributed by atoms with E-state index in [2.05, 4.69) is 178 Å². The van der Waals surface area contributed by atoms with Gasteiger partial charge in [-0.25, -0.2) is 0 Å². The van der Waals surface area contributed by atoms with E-state index in [1.165, 1.54) is 77.4 Å². The second kappa shape index (κ2) is 10.2. The molecule has 0 atom stereocenters. The lowest BCUT2D eigenvalue weighted by Crippen LogP contribution is -2.18. The first-order valence-electron chi connectivity index (χ1n) is 18.4. The number of para-hydroxylation sites is 1. The van der Waals surface area contributed by atoms with Gasteiger partial charge < -0.3 is 9.32 Å². The van der Waals surface area contributed by atoms with Crippen LogP contribution in [0.2, 0.25) is 0 Å². The summed E-state index contributed by atoms with van der Waals surface area (Å²) in [6.07, 6.45) is 0. The summed E-state index contributed by atoms with van der Waals surface area (Å²) in [6, 6.07) is 56.0. The molecular formula is C50H37NO. The van der Waals surface area contributed by atoms with Gasteiger partial charge in [0.1, 0.15) is 11.2 Å². The topological polar surface area (TPSA) is 16.4 Å². The van der Waals surface area contributed by atoms with Gasteiger partial charge in [0.2, 0.25) is 0 Å². The molecule has 0 saturated carbocycles. The van der Waals surface area contributed by atoms with Gasteiger partial charge in [-0.05, 0) is 85.3 Å². The maximum absolute atomic E-state index is 6.59. The maximum atomic E-state index is 6.59. The van der Waals surface area contributed by atoms with Gasteiger partial charge in [-0.2, -0.15) is 0 Å². The van der Waals surface area contributed by atoms with Gasteiger partial charge in [-0.1, -0.05) is 143 Å². The van der Waals surface area contributed by atoms with Crippen LogP contribution in [-0.4, -0.2) is 0 Å². The van der Waals surface area contributed by atoms with Crippen molar-refractivity contribution in [2.24, 2.45) is 0 Å². The summed E-state index contributed by atoms with van der Waals surface area (Å²) < 4.78 is 6.59. The number of anilines is 3. The average Bonchev–Trinajstić information content (AvgIpc) is 3.75. The Bertz CT molecular complexity index is 2830. The lowest BCUT2D eigenvalue weighted by Gasteiger charge is -2.32. The number of rotatable bonds is 3. The minimum absolute atomic E-state index is 0.185.